The molecule has 3 rings (SSSR count). The number of pyridine rings is 1. The highest BCUT2D eigenvalue weighted by atomic mass is 16.5. The topological polar surface area (TPSA) is 27.1 Å². The normalized spacial score (nSPS) is 18.1. The molecule has 0 aromatic carbocycles. The van der Waals surface area contributed by atoms with Crippen molar-refractivity contribution in [2.75, 3.05) is 13.2 Å². The van der Waals surface area contributed by atoms with E-state index in [1.54, 1.807) is 0 Å². The van der Waals surface area contributed by atoms with Gasteiger partial charge in [0, 0.05) is 38.0 Å². The van der Waals surface area contributed by atoms with Crippen molar-refractivity contribution >= 4 is 11.0 Å². The van der Waals surface area contributed by atoms with Gasteiger partial charge in [-0.05, 0) is 36.5 Å². The van der Waals surface area contributed by atoms with E-state index in [1.807, 2.05) is 13.2 Å². The fourth-order valence-corrected chi connectivity index (χ4v) is 2.43. The molecule has 0 spiro atoms. The van der Waals surface area contributed by atoms with Gasteiger partial charge in [0.15, 0.2) is 0 Å². The highest BCUT2D eigenvalue weighted by Crippen LogP contribution is 2.28. The first-order valence-electron chi connectivity index (χ1n) is 5.83. The minimum atomic E-state index is 0.630. The lowest BCUT2D eigenvalue weighted by Gasteiger charge is -2.22. The molecule has 0 N–H and O–H groups in total. The Morgan fingerprint density at radius 1 is 1.38 bits per heavy atom. The molecule has 3 heterocycles. The van der Waals surface area contributed by atoms with Crippen molar-refractivity contribution in [3.8, 4) is 0 Å². The molecule has 3 nitrogen and oxygen atoms in total. The van der Waals surface area contributed by atoms with Gasteiger partial charge in [-0.1, -0.05) is 0 Å². The molecule has 3 heteroatoms. The molecule has 0 amide bonds. The molecule has 84 valence electrons. The largest absolute Gasteiger partial charge is 0.381 e. The summed E-state index contributed by atoms with van der Waals surface area (Å²) in [7, 11) is 2.03. The second-order valence-electron chi connectivity index (χ2n) is 4.49. The van der Waals surface area contributed by atoms with Crippen molar-refractivity contribution in [2.24, 2.45) is 7.05 Å². The number of nitrogens with zero attached hydrogens (tertiary/aromatic N) is 2. The average Bonchev–Trinajstić information content (AvgIpc) is 2.72. The van der Waals surface area contributed by atoms with Crippen LogP contribution < -0.4 is 0 Å². The molecule has 2 aromatic heterocycles. The quantitative estimate of drug-likeness (QED) is 0.732. The van der Waals surface area contributed by atoms with Crippen LogP contribution in [0.1, 0.15) is 24.3 Å². The van der Waals surface area contributed by atoms with Gasteiger partial charge in [-0.2, -0.15) is 0 Å². The maximum absolute atomic E-state index is 5.39. The van der Waals surface area contributed by atoms with Gasteiger partial charge in [0.05, 0.1) is 0 Å². The summed E-state index contributed by atoms with van der Waals surface area (Å²) in [6, 6.07) is 4.41. The van der Waals surface area contributed by atoms with E-state index in [4.69, 9.17) is 4.74 Å². The van der Waals surface area contributed by atoms with Gasteiger partial charge in [-0.25, -0.2) is 4.98 Å². The number of aryl methyl sites for hydroxylation is 1. The molecule has 0 aliphatic carbocycles. The van der Waals surface area contributed by atoms with Crippen molar-refractivity contribution in [3.05, 3.63) is 30.1 Å². The number of ether oxygens (including phenoxy) is 1. The van der Waals surface area contributed by atoms with Crippen LogP contribution in [-0.4, -0.2) is 22.8 Å². The number of rotatable bonds is 1. The Morgan fingerprint density at radius 2 is 2.19 bits per heavy atom. The Morgan fingerprint density at radius 3 is 3.00 bits per heavy atom. The van der Waals surface area contributed by atoms with Gasteiger partial charge in [0.2, 0.25) is 0 Å². The molecule has 0 unspecified atom stereocenters. The third-order valence-electron chi connectivity index (χ3n) is 3.42. The van der Waals surface area contributed by atoms with Crippen molar-refractivity contribution in [3.63, 3.8) is 0 Å². The zero-order valence-electron chi connectivity index (χ0n) is 9.52. The predicted octanol–water partition coefficient (Wildman–Crippen LogP) is 2.47. The summed E-state index contributed by atoms with van der Waals surface area (Å²) in [6.45, 7) is 1.77. The van der Waals surface area contributed by atoms with Crippen molar-refractivity contribution in [1.82, 2.24) is 9.55 Å². The molecule has 16 heavy (non-hydrogen) atoms. The first-order chi connectivity index (χ1) is 7.84. The number of hydrogen-bond donors (Lipinski definition) is 0. The summed E-state index contributed by atoms with van der Waals surface area (Å²) >= 11 is 0. The van der Waals surface area contributed by atoms with E-state index in [0.717, 1.165) is 31.7 Å². The van der Waals surface area contributed by atoms with Gasteiger partial charge in [0.25, 0.3) is 0 Å². The van der Waals surface area contributed by atoms with Crippen molar-refractivity contribution in [1.29, 1.82) is 0 Å². The highest BCUT2D eigenvalue weighted by molar-refractivity contribution is 5.76. The van der Waals surface area contributed by atoms with Crippen LogP contribution in [0, 0.1) is 0 Å². The van der Waals surface area contributed by atoms with Crippen LogP contribution in [-0.2, 0) is 11.8 Å². The minimum absolute atomic E-state index is 0.630. The van der Waals surface area contributed by atoms with Crippen LogP contribution in [0.15, 0.2) is 24.5 Å². The lowest BCUT2D eigenvalue weighted by Crippen LogP contribution is -2.14. The lowest BCUT2D eigenvalue weighted by atomic mass is 9.92. The van der Waals surface area contributed by atoms with E-state index in [-0.39, 0.29) is 0 Å². The van der Waals surface area contributed by atoms with E-state index >= 15 is 0 Å². The Balaban J connectivity index is 1.97. The molecule has 2 aromatic rings. The Bertz CT molecular complexity index is 498. The Kier molecular flexibility index (Phi) is 2.40. The summed E-state index contributed by atoms with van der Waals surface area (Å²) in [5.74, 6) is 0.630. The van der Waals surface area contributed by atoms with Crippen LogP contribution in [0.2, 0.25) is 0 Å². The molecule has 0 radical (unpaired) electrons. The molecule has 1 aliphatic heterocycles. The van der Waals surface area contributed by atoms with E-state index in [1.165, 1.54) is 10.9 Å². The monoisotopic (exact) mass is 216 g/mol. The van der Waals surface area contributed by atoms with Crippen molar-refractivity contribution < 1.29 is 4.74 Å². The molecule has 1 fully saturated rings. The molecule has 0 atom stereocenters. The van der Waals surface area contributed by atoms with E-state index in [0.29, 0.717) is 5.92 Å². The zero-order chi connectivity index (χ0) is 11.0. The summed E-state index contributed by atoms with van der Waals surface area (Å²) in [6.07, 6.45) is 6.34. The van der Waals surface area contributed by atoms with E-state index in [2.05, 4.69) is 27.9 Å². The van der Waals surface area contributed by atoms with Gasteiger partial charge >= 0.3 is 0 Å². The molecule has 1 saturated heterocycles. The minimum Gasteiger partial charge on any atom is -0.381 e. The summed E-state index contributed by atoms with van der Waals surface area (Å²) in [5.41, 5.74) is 2.43. The smallest absolute Gasteiger partial charge is 0.139 e. The third-order valence-corrected chi connectivity index (χ3v) is 3.42. The lowest BCUT2D eigenvalue weighted by molar-refractivity contribution is 0.0853. The number of hydrogen-bond acceptors (Lipinski definition) is 2. The van der Waals surface area contributed by atoms with Crippen LogP contribution in [0.4, 0.5) is 0 Å². The fourth-order valence-electron chi connectivity index (χ4n) is 2.43. The second-order valence-corrected chi connectivity index (χ2v) is 4.49. The first-order valence-corrected chi connectivity index (χ1v) is 5.83. The van der Waals surface area contributed by atoms with Gasteiger partial charge < -0.3 is 9.30 Å². The third kappa shape index (κ3) is 1.61. The second kappa shape index (κ2) is 3.91. The predicted molar refractivity (Wildman–Crippen MR) is 63.5 cm³/mol. The molecule has 0 saturated carbocycles. The number of aromatic nitrogens is 2. The van der Waals surface area contributed by atoms with Gasteiger partial charge in [0.1, 0.15) is 5.65 Å². The van der Waals surface area contributed by atoms with E-state index in [9.17, 15) is 0 Å². The van der Waals surface area contributed by atoms with Crippen LogP contribution in [0.5, 0.6) is 0 Å². The maximum atomic E-state index is 5.39. The number of fused-ring (bicyclic) bond motifs is 1. The fraction of sp³-hybridized carbons (Fsp3) is 0.462. The van der Waals surface area contributed by atoms with Crippen molar-refractivity contribution in [2.45, 2.75) is 18.8 Å². The molecular formula is C13H16N2O. The first kappa shape index (κ1) is 9.85. The average molecular weight is 216 g/mol. The molecular weight excluding hydrogens is 200 g/mol. The van der Waals surface area contributed by atoms with Crippen LogP contribution in [0.3, 0.4) is 0 Å². The van der Waals surface area contributed by atoms with Crippen LogP contribution >= 0.6 is 0 Å². The summed E-state index contributed by atoms with van der Waals surface area (Å²) in [4.78, 5) is 4.54. The van der Waals surface area contributed by atoms with E-state index < -0.39 is 0 Å². The maximum Gasteiger partial charge on any atom is 0.139 e. The Hall–Kier alpha value is -1.35. The summed E-state index contributed by atoms with van der Waals surface area (Å²) < 4.78 is 7.45. The van der Waals surface area contributed by atoms with Gasteiger partial charge in [-0.3, -0.25) is 0 Å². The molecule has 0 bridgehead atoms. The van der Waals surface area contributed by atoms with Crippen LogP contribution in [0.25, 0.3) is 11.0 Å². The van der Waals surface area contributed by atoms with Gasteiger partial charge in [-0.15, -0.1) is 0 Å². The Labute approximate surface area is 95.0 Å². The molecule has 1 aliphatic rings. The summed E-state index contributed by atoms with van der Waals surface area (Å²) in [5, 5.41) is 1.24. The highest BCUT2D eigenvalue weighted by Gasteiger charge is 2.16. The zero-order valence-corrected chi connectivity index (χ0v) is 9.52. The SMILES string of the molecule is Cn1ccc2cc(C3CCOCC3)cnc21. The standard InChI is InChI=1S/C13H16N2O/c1-15-5-2-11-8-12(9-14-13(11)15)10-3-6-16-7-4-10/h2,5,8-10H,3-4,6-7H2,1H3.